The van der Waals surface area contributed by atoms with Crippen molar-refractivity contribution < 1.29 is 19.4 Å². The quantitative estimate of drug-likeness (QED) is 0.270. The second-order valence-electron chi connectivity index (χ2n) is 3.43. The summed E-state index contributed by atoms with van der Waals surface area (Å²) < 4.78 is 0. The maximum absolute atomic E-state index is 11.5. The Balaban J connectivity index is 3.80. The molecule has 0 aliphatic heterocycles. The molecule has 0 unspecified atom stereocenters. The molecule has 0 aromatic carbocycles. The Kier molecular flexibility index (Phi) is 7.91. The number of carbonyl (C=O) groups excluding carboxylic acids is 2. The fourth-order valence-electron chi connectivity index (χ4n) is 1.25. The van der Waals surface area contributed by atoms with E-state index in [1.807, 2.05) is 20.8 Å². The van der Waals surface area contributed by atoms with Gasteiger partial charge in [-0.15, -0.1) is 0 Å². The molecule has 4 nitrogen and oxygen atoms in total. The Morgan fingerprint density at radius 1 is 1.13 bits per heavy atom. The zero-order valence-corrected chi connectivity index (χ0v) is 9.75. The van der Waals surface area contributed by atoms with Gasteiger partial charge in [-0.05, 0) is 19.3 Å². The zero-order chi connectivity index (χ0) is 11.7. The highest BCUT2D eigenvalue weighted by Gasteiger charge is 2.19. The van der Waals surface area contributed by atoms with Crippen LogP contribution in [-0.4, -0.2) is 18.4 Å². The Bertz CT molecular complexity index is 197. The first-order valence-corrected chi connectivity index (χ1v) is 5.50. The molecule has 0 heterocycles. The van der Waals surface area contributed by atoms with Crippen molar-refractivity contribution in [1.29, 1.82) is 0 Å². The largest absolute Gasteiger partial charge is 0.349 e. The predicted molar refractivity (Wildman–Crippen MR) is 56.0 cm³/mol. The molecule has 15 heavy (non-hydrogen) atoms. The van der Waals surface area contributed by atoms with Gasteiger partial charge >= 0.3 is 5.97 Å². The van der Waals surface area contributed by atoms with E-state index in [1.165, 1.54) is 0 Å². The van der Waals surface area contributed by atoms with E-state index in [2.05, 4.69) is 9.78 Å². The first-order chi connectivity index (χ1) is 7.15. The van der Waals surface area contributed by atoms with Crippen LogP contribution in [0.4, 0.5) is 0 Å². The summed E-state index contributed by atoms with van der Waals surface area (Å²) in [4.78, 5) is 31.6. The molecule has 0 spiro atoms. The molecule has 0 aliphatic rings. The van der Waals surface area contributed by atoms with E-state index in [4.69, 9.17) is 0 Å². The van der Waals surface area contributed by atoms with Crippen LogP contribution in [0.25, 0.3) is 0 Å². The molecular weight excluding hydrogens is 196 g/mol. The van der Waals surface area contributed by atoms with Crippen LogP contribution in [0.5, 0.6) is 0 Å². The van der Waals surface area contributed by atoms with Gasteiger partial charge in [-0.3, -0.25) is 9.68 Å². The minimum Gasteiger partial charge on any atom is -0.299 e. The van der Waals surface area contributed by atoms with E-state index in [0.29, 0.717) is 6.61 Å². The average molecular weight is 216 g/mol. The van der Waals surface area contributed by atoms with Gasteiger partial charge in [0.15, 0.2) is 0 Å². The van der Waals surface area contributed by atoms with E-state index in [0.717, 1.165) is 19.3 Å². The highest BCUT2D eigenvalue weighted by atomic mass is 17.2. The third-order valence-electron chi connectivity index (χ3n) is 2.20. The smallest absolute Gasteiger partial charge is 0.299 e. The second-order valence-corrected chi connectivity index (χ2v) is 3.43. The van der Waals surface area contributed by atoms with Crippen LogP contribution in [0, 0.1) is 5.92 Å². The summed E-state index contributed by atoms with van der Waals surface area (Å²) in [7, 11) is 0. The first-order valence-electron chi connectivity index (χ1n) is 5.50. The number of Topliss-reactive ketones (excluding diaryl/α,β-unsaturated/α-hetero) is 1. The lowest BCUT2D eigenvalue weighted by Crippen LogP contribution is -2.18. The molecule has 88 valence electrons. The van der Waals surface area contributed by atoms with Gasteiger partial charge in [-0.1, -0.05) is 20.8 Å². The maximum atomic E-state index is 11.5. The van der Waals surface area contributed by atoms with Gasteiger partial charge in [0.05, 0.1) is 6.61 Å². The maximum Gasteiger partial charge on any atom is 0.349 e. The van der Waals surface area contributed by atoms with Crippen LogP contribution >= 0.6 is 0 Å². The fourth-order valence-corrected chi connectivity index (χ4v) is 1.25. The molecule has 0 aliphatic carbocycles. The molecule has 0 radical (unpaired) electrons. The molecule has 4 heteroatoms. The Labute approximate surface area is 90.9 Å². The van der Waals surface area contributed by atoms with Gasteiger partial charge in [0.25, 0.3) is 0 Å². The van der Waals surface area contributed by atoms with Crippen molar-refractivity contribution in [2.24, 2.45) is 5.92 Å². The van der Waals surface area contributed by atoms with Crippen molar-refractivity contribution in [2.45, 2.75) is 46.5 Å². The minimum atomic E-state index is -0.597. The summed E-state index contributed by atoms with van der Waals surface area (Å²) >= 11 is 0. The Morgan fingerprint density at radius 2 is 1.73 bits per heavy atom. The third kappa shape index (κ3) is 6.23. The molecule has 0 rings (SSSR count). The van der Waals surface area contributed by atoms with Crippen LogP contribution in [0.3, 0.4) is 0 Å². The normalized spacial score (nSPS) is 10.4. The molecule has 0 amide bonds. The van der Waals surface area contributed by atoms with Crippen molar-refractivity contribution in [3.8, 4) is 0 Å². The Morgan fingerprint density at radius 3 is 2.20 bits per heavy atom. The predicted octanol–water partition coefficient (Wildman–Crippen LogP) is 2.27. The number of ketones is 1. The van der Waals surface area contributed by atoms with Crippen molar-refractivity contribution in [3.05, 3.63) is 0 Å². The molecule has 0 aromatic heterocycles. The van der Waals surface area contributed by atoms with Crippen LogP contribution < -0.4 is 0 Å². The lowest BCUT2D eigenvalue weighted by molar-refractivity contribution is -0.271. The summed E-state index contributed by atoms with van der Waals surface area (Å²) in [5.74, 6) is -0.700. The fraction of sp³-hybridized carbons (Fsp3) is 0.818. The molecule has 0 saturated heterocycles. The summed E-state index contributed by atoms with van der Waals surface area (Å²) in [5.41, 5.74) is 0. The van der Waals surface area contributed by atoms with E-state index in [-0.39, 0.29) is 18.1 Å². The molecule has 0 N–H and O–H groups in total. The number of carbonyl (C=O) groups is 2. The van der Waals surface area contributed by atoms with Gasteiger partial charge in [-0.25, -0.2) is 4.79 Å². The topological polar surface area (TPSA) is 52.6 Å². The molecule has 0 saturated carbocycles. The van der Waals surface area contributed by atoms with Gasteiger partial charge in [0.2, 0.25) is 0 Å². The van der Waals surface area contributed by atoms with Gasteiger partial charge < -0.3 is 0 Å². The van der Waals surface area contributed by atoms with Crippen molar-refractivity contribution in [2.75, 3.05) is 6.61 Å². The first kappa shape index (κ1) is 14.1. The number of hydrogen-bond donors (Lipinski definition) is 0. The van der Waals surface area contributed by atoms with E-state index >= 15 is 0 Å². The summed E-state index contributed by atoms with van der Waals surface area (Å²) in [6.07, 6.45) is 2.11. The zero-order valence-electron chi connectivity index (χ0n) is 9.75. The van der Waals surface area contributed by atoms with Crippen LogP contribution in [0.2, 0.25) is 0 Å². The van der Waals surface area contributed by atoms with Gasteiger partial charge in [-0.2, -0.15) is 4.89 Å². The summed E-state index contributed by atoms with van der Waals surface area (Å²) in [5, 5.41) is 0. The third-order valence-corrected chi connectivity index (χ3v) is 2.20. The van der Waals surface area contributed by atoms with Crippen LogP contribution in [0.15, 0.2) is 0 Å². The van der Waals surface area contributed by atoms with Crippen LogP contribution in [0.1, 0.15) is 46.5 Å². The molecule has 0 bridgehead atoms. The highest BCUT2D eigenvalue weighted by Crippen LogP contribution is 2.11. The van der Waals surface area contributed by atoms with Gasteiger partial charge in [0, 0.05) is 5.92 Å². The monoisotopic (exact) mass is 216 g/mol. The average Bonchev–Trinajstić information content (AvgIpc) is 2.20. The highest BCUT2D eigenvalue weighted by molar-refractivity contribution is 5.96. The molecule has 0 atom stereocenters. The van der Waals surface area contributed by atoms with Gasteiger partial charge in [0.1, 0.15) is 12.2 Å². The summed E-state index contributed by atoms with van der Waals surface area (Å²) in [6.45, 7) is 6.14. The van der Waals surface area contributed by atoms with Crippen molar-refractivity contribution in [3.63, 3.8) is 0 Å². The molecule has 0 aromatic rings. The molecule has 0 fully saturated rings. The van der Waals surface area contributed by atoms with E-state index < -0.39 is 5.97 Å². The molecular formula is C11H20O4. The lowest BCUT2D eigenvalue weighted by Gasteiger charge is -2.09. The standard InChI is InChI=1S/C11H20O4/c1-4-7-14-15-11(13)8-10(12)9(5-2)6-3/h9H,4-8H2,1-3H3. The van der Waals surface area contributed by atoms with Crippen LogP contribution in [-0.2, 0) is 19.4 Å². The number of rotatable bonds is 8. The van der Waals surface area contributed by atoms with Crippen molar-refractivity contribution in [1.82, 2.24) is 0 Å². The SMILES string of the molecule is CCCOOC(=O)CC(=O)C(CC)CC. The van der Waals surface area contributed by atoms with Crippen molar-refractivity contribution >= 4 is 11.8 Å². The minimum absolute atomic E-state index is 0.0382. The van der Waals surface area contributed by atoms with E-state index in [9.17, 15) is 9.59 Å². The number of hydrogen-bond acceptors (Lipinski definition) is 4. The summed E-state index contributed by atoms with van der Waals surface area (Å²) in [6, 6.07) is 0. The Hall–Kier alpha value is -0.900. The second kappa shape index (κ2) is 8.41. The lowest BCUT2D eigenvalue weighted by atomic mass is 9.96. The van der Waals surface area contributed by atoms with E-state index in [1.54, 1.807) is 0 Å².